The van der Waals surface area contributed by atoms with Gasteiger partial charge in [0.2, 0.25) is 0 Å². The molecule has 1 aromatic rings. The second kappa shape index (κ2) is 9.41. The van der Waals surface area contributed by atoms with Crippen LogP contribution in [0.1, 0.15) is 58.6 Å². The Morgan fingerprint density at radius 3 is 2.50 bits per heavy atom. The van der Waals surface area contributed by atoms with Gasteiger partial charge in [-0.15, -0.1) is 0 Å². The second-order valence-corrected chi connectivity index (χ2v) is 6.17. The maximum Gasteiger partial charge on any atom is 0.120 e. The Hall–Kier alpha value is -0.540. The van der Waals surface area contributed by atoms with E-state index in [2.05, 4.69) is 60.2 Å². The maximum atomic E-state index is 5.56. The van der Waals surface area contributed by atoms with Crippen molar-refractivity contribution in [2.45, 2.75) is 53.0 Å². The highest BCUT2D eigenvalue weighted by molar-refractivity contribution is 9.10. The van der Waals surface area contributed by atoms with Gasteiger partial charge in [0.25, 0.3) is 0 Å². The lowest BCUT2D eigenvalue weighted by atomic mass is 9.91. The van der Waals surface area contributed by atoms with E-state index in [4.69, 9.17) is 4.74 Å². The van der Waals surface area contributed by atoms with Crippen LogP contribution in [0.3, 0.4) is 0 Å². The Labute approximate surface area is 132 Å². The minimum atomic E-state index is 0.403. The largest absolute Gasteiger partial charge is 0.494 e. The molecule has 0 heterocycles. The first-order valence-electron chi connectivity index (χ1n) is 7.79. The Morgan fingerprint density at radius 1 is 1.20 bits per heavy atom. The van der Waals surface area contributed by atoms with Gasteiger partial charge < -0.3 is 10.1 Å². The molecule has 1 N–H and O–H groups in total. The van der Waals surface area contributed by atoms with Crippen LogP contribution >= 0.6 is 15.9 Å². The van der Waals surface area contributed by atoms with E-state index >= 15 is 0 Å². The summed E-state index contributed by atoms with van der Waals surface area (Å²) in [4.78, 5) is 0. The van der Waals surface area contributed by atoms with Gasteiger partial charge in [0, 0.05) is 10.5 Å². The second-order valence-electron chi connectivity index (χ2n) is 5.31. The number of hydrogen-bond donors (Lipinski definition) is 1. The van der Waals surface area contributed by atoms with Crippen molar-refractivity contribution in [3.63, 3.8) is 0 Å². The van der Waals surface area contributed by atoms with Gasteiger partial charge in [0.05, 0.1) is 6.61 Å². The van der Waals surface area contributed by atoms with Crippen molar-refractivity contribution < 1.29 is 4.74 Å². The summed E-state index contributed by atoms with van der Waals surface area (Å²) < 4.78 is 6.70. The molecule has 0 bridgehead atoms. The van der Waals surface area contributed by atoms with E-state index < -0.39 is 0 Å². The predicted molar refractivity (Wildman–Crippen MR) is 90.4 cm³/mol. The third kappa shape index (κ3) is 5.10. The number of hydrogen-bond acceptors (Lipinski definition) is 2. The van der Waals surface area contributed by atoms with Gasteiger partial charge in [-0.3, -0.25) is 0 Å². The maximum absolute atomic E-state index is 5.56. The number of benzene rings is 1. The van der Waals surface area contributed by atoms with Gasteiger partial charge in [-0.1, -0.05) is 49.2 Å². The average Bonchev–Trinajstić information content (AvgIpc) is 2.42. The van der Waals surface area contributed by atoms with Crippen LogP contribution in [0.4, 0.5) is 0 Å². The number of nitrogens with one attached hydrogen (secondary N) is 1. The summed E-state index contributed by atoms with van der Waals surface area (Å²) in [7, 11) is 0. The van der Waals surface area contributed by atoms with E-state index in [0.29, 0.717) is 18.6 Å². The van der Waals surface area contributed by atoms with Crippen LogP contribution in [0.25, 0.3) is 0 Å². The van der Waals surface area contributed by atoms with Crippen molar-refractivity contribution in [2.24, 2.45) is 5.92 Å². The van der Waals surface area contributed by atoms with E-state index in [-0.39, 0.29) is 0 Å². The summed E-state index contributed by atoms with van der Waals surface area (Å²) in [6, 6.07) is 6.75. The minimum Gasteiger partial charge on any atom is -0.494 e. The molecule has 1 rings (SSSR count). The summed E-state index contributed by atoms with van der Waals surface area (Å²) in [5, 5.41) is 3.69. The lowest BCUT2D eigenvalue weighted by molar-refractivity contribution is 0.338. The van der Waals surface area contributed by atoms with Crippen LogP contribution in [-0.4, -0.2) is 13.2 Å². The smallest absolute Gasteiger partial charge is 0.120 e. The Kier molecular flexibility index (Phi) is 8.24. The first-order chi connectivity index (χ1) is 9.63. The number of ether oxygens (including phenoxy) is 1. The molecule has 0 aliphatic rings. The van der Waals surface area contributed by atoms with Crippen LogP contribution < -0.4 is 10.1 Å². The summed E-state index contributed by atoms with van der Waals surface area (Å²) in [6.45, 7) is 10.6. The van der Waals surface area contributed by atoms with Crippen LogP contribution in [-0.2, 0) is 0 Å². The summed E-state index contributed by atoms with van der Waals surface area (Å²) in [5.41, 5.74) is 1.34. The van der Waals surface area contributed by atoms with E-state index in [1.54, 1.807) is 0 Å². The number of rotatable bonds is 9. The van der Waals surface area contributed by atoms with E-state index in [0.717, 1.165) is 23.2 Å². The first kappa shape index (κ1) is 17.5. The quantitative estimate of drug-likeness (QED) is 0.655. The zero-order chi connectivity index (χ0) is 15.0. The molecule has 0 saturated heterocycles. The molecular formula is C17H28BrNO. The molecule has 114 valence electrons. The summed E-state index contributed by atoms with van der Waals surface area (Å²) >= 11 is 3.71. The molecule has 0 aromatic heterocycles. The molecule has 0 spiro atoms. The molecule has 0 fully saturated rings. The molecule has 0 amide bonds. The van der Waals surface area contributed by atoms with Gasteiger partial charge in [-0.05, 0) is 49.9 Å². The highest BCUT2D eigenvalue weighted by Crippen LogP contribution is 2.33. The predicted octanol–water partition coefficient (Wildman–Crippen LogP) is 5.32. The average molecular weight is 342 g/mol. The highest BCUT2D eigenvalue weighted by atomic mass is 79.9. The lowest BCUT2D eigenvalue weighted by Gasteiger charge is -2.26. The Balaban J connectivity index is 2.94. The molecule has 20 heavy (non-hydrogen) atoms. The number of halogens is 1. The first-order valence-corrected chi connectivity index (χ1v) is 8.58. The summed E-state index contributed by atoms with van der Waals surface area (Å²) in [6.07, 6.45) is 3.62. The van der Waals surface area contributed by atoms with E-state index in [1.807, 2.05) is 6.92 Å². The molecule has 3 heteroatoms. The Bertz CT molecular complexity index is 395. The lowest BCUT2D eigenvalue weighted by Crippen LogP contribution is -2.28. The van der Waals surface area contributed by atoms with Crippen molar-refractivity contribution in [3.8, 4) is 5.75 Å². The fraction of sp³-hybridized carbons (Fsp3) is 0.647. The molecule has 1 aromatic carbocycles. The summed E-state index contributed by atoms with van der Waals surface area (Å²) in [5.74, 6) is 1.56. The van der Waals surface area contributed by atoms with Gasteiger partial charge in [-0.25, -0.2) is 0 Å². The standard InChI is InChI=1S/C17H28BrNO/c1-5-8-13(4)17(19-11-6-2)15-10-9-14(20-7-3)12-16(15)18/h9-10,12-13,17,19H,5-8,11H2,1-4H3. The molecule has 0 radical (unpaired) electrons. The molecule has 2 atom stereocenters. The zero-order valence-electron chi connectivity index (χ0n) is 13.2. The van der Waals surface area contributed by atoms with Crippen molar-refractivity contribution in [1.29, 1.82) is 0 Å². The molecule has 0 aliphatic carbocycles. The third-order valence-electron chi connectivity index (χ3n) is 3.55. The molecule has 0 saturated carbocycles. The van der Waals surface area contributed by atoms with Gasteiger partial charge >= 0.3 is 0 Å². The van der Waals surface area contributed by atoms with Crippen LogP contribution in [0.2, 0.25) is 0 Å². The van der Waals surface area contributed by atoms with Crippen molar-refractivity contribution in [1.82, 2.24) is 5.32 Å². The Morgan fingerprint density at radius 2 is 1.95 bits per heavy atom. The molecule has 2 unspecified atom stereocenters. The molecule has 0 aliphatic heterocycles. The van der Waals surface area contributed by atoms with Gasteiger partial charge in [-0.2, -0.15) is 0 Å². The third-order valence-corrected chi connectivity index (χ3v) is 4.23. The highest BCUT2D eigenvalue weighted by Gasteiger charge is 2.20. The SMILES string of the molecule is CCCNC(c1ccc(OCC)cc1Br)C(C)CCC. The van der Waals surface area contributed by atoms with E-state index in [9.17, 15) is 0 Å². The van der Waals surface area contributed by atoms with Gasteiger partial charge in [0.15, 0.2) is 0 Å². The normalized spacial score (nSPS) is 14.1. The van der Waals surface area contributed by atoms with Crippen molar-refractivity contribution in [2.75, 3.05) is 13.2 Å². The van der Waals surface area contributed by atoms with Crippen molar-refractivity contribution >= 4 is 15.9 Å². The van der Waals surface area contributed by atoms with Gasteiger partial charge in [0.1, 0.15) is 5.75 Å². The van der Waals surface area contributed by atoms with E-state index in [1.165, 1.54) is 18.4 Å². The monoisotopic (exact) mass is 341 g/mol. The van der Waals surface area contributed by atoms with Crippen LogP contribution in [0, 0.1) is 5.92 Å². The van der Waals surface area contributed by atoms with Crippen LogP contribution in [0.15, 0.2) is 22.7 Å². The zero-order valence-corrected chi connectivity index (χ0v) is 14.8. The molecule has 2 nitrogen and oxygen atoms in total. The van der Waals surface area contributed by atoms with Crippen LogP contribution in [0.5, 0.6) is 5.75 Å². The van der Waals surface area contributed by atoms with Crippen molar-refractivity contribution in [3.05, 3.63) is 28.2 Å². The fourth-order valence-corrected chi connectivity index (χ4v) is 3.16. The molecular weight excluding hydrogens is 314 g/mol. The minimum absolute atomic E-state index is 0.403. The topological polar surface area (TPSA) is 21.3 Å². The fourth-order valence-electron chi connectivity index (χ4n) is 2.56.